The van der Waals surface area contributed by atoms with Crippen molar-refractivity contribution in [2.45, 2.75) is 0 Å². The quantitative estimate of drug-likeness (QED) is 0.156. The van der Waals surface area contributed by atoms with Crippen molar-refractivity contribution in [1.29, 1.82) is 0 Å². The first-order valence-electron chi connectivity index (χ1n) is 23.9. The topological polar surface area (TPSA) is 54.8 Å². The van der Waals surface area contributed by atoms with E-state index in [1.165, 1.54) is 27.3 Å². The van der Waals surface area contributed by atoms with E-state index in [-0.39, 0.29) is 0 Å². The van der Waals surface area contributed by atoms with Crippen LogP contribution in [0.2, 0.25) is 0 Å². The van der Waals surface area contributed by atoms with Crippen molar-refractivity contribution in [3.63, 3.8) is 0 Å². The fraction of sp³-hybridized carbons (Fsp3) is 0. The Hall–Kier alpha value is -9.09. The first kappa shape index (κ1) is 39.9. The zero-order valence-electron chi connectivity index (χ0n) is 38.1. The lowest BCUT2D eigenvalue weighted by Gasteiger charge is -2.33. The Morgan fingerprint density at radius 3 is 1.52 bits per heavy atom. The van der Waals surface area contributed by atoms with Crippen molar-refractivity contribution >= 4 is 112 Å². The molecule has 0 bridgehead atoms. The standard InChI is InChI=1S/C64H40N3O3P/c68-71(49-16-5-2-6-17-49)66(47-30-35-62-53(39-47)51-19-9-11-21-60(51)69-62)57-33-27-45(38-59(57)67(71)48-31-36-63-54(40-48)52-20-10-12-22-61(52)70-63)44-26-32-56-55(37-44)64-50-18-8-7-15-43(50)25-34-58(64)65(56)46-28-23-42(24-29-46)41-13-3-1-4-14-41/h1-40H. The fourth-order valence-electron chi connectivity index (χ4n) is 11.3. The minimum atomic E-state index is -3.77. The number of rotatable bonds is 6. The van der Waals surface area contributed by atoms with Crippen LogP contribution in [-0.2, 0) is 4.57 Å². The summed E-state index contributed by atoms with van der Waals surface area (Å²) in [7, 11) is -3.77. The van der Waals surface area contributed by atoms with E-state index < -0.39 is 7.44 Å². The number of anilines is 4. The molecule has 334 valence electrons. The van der Waals surface area contributed by atoms with Crippen molar-refractivity contribution in [1.82, 2.24) is 4.57 Å². The molecular weight excluding hydrogens is 890 g/mol. The molecule has 7 heteroatoms. The van der Waals surface area contributed by atoms with Crippen LogP contribution in [0.25, 0.3) is 104 Å². The summed E-state index contributed by atoms with van der Waals surface area (Å²) in [5.41, 5.74) is 14.3. The number of para-hydroxylation sites is 2. The number of aromatic nitrogens is 1. The molecule has 15 rings (SSSR count). The van der Waals surface area contributed by atoms with E-state index in [2.05, 4.69) is 166 Å². The van der Waals surface area contributed by atoms with Gasteiger partial charge in [-0.25, -0.2) is 0 Å². The van der Waals surface area contributed by atoms with Crippen LogP contribution < -0.4 is 14.6 Å². The maximum Gasteiger partial charge on any atom is 0.301 e. The molecule has 0 aliphatic carbocycles. The van der Waals surface area contributed by atoms with Gasteiger partial charge < -0.3 is 13.4 Å². The third kappa shape index (κ3) is 5.92. The molecule has 0 saturated carbocycles. The van der Waals surface area contributed by atoms with Crippen LogP contribution >= 0.6 is 7.44 Å². The van der Waals surface area contributed by atoms with Crippen LogP contribution in [0.5, 0.6) is 0 Å². The van der Waals surface area contributed by atoms with E-state index in [9.17, 15) is 0 Å². The highest BCUT2D eigenvalue weighted by molar-refractivity contribution is 7.76. The molecule has 11 aromatic carbocycles. The molecule has 0 radical (unpaired) electrons. The van der Waals surface area contributed by atoms with Gasteiger partial charge in [0.1, 0.15) is 22.3 Å². The highest BCUT2D eigenvalue weighted by atomic mass is 31.2. The molecule has 0 saturated heterocycles. The highest BCUT2D eigenvalue weighted by Gasteiger charge is 2.49. The van der Waals surface area contributed by atoms with Gasteiger partial charge in [0.15, 0.2) is 0 Å². The molecular formula is C64H40N3O3P. The first-order chi connectivity index (χ1) is 35.1. The third-order valence-electron chi connectivity index (χ3n) is 14.5. The third-order valence-corrected chi connectivity index (χ3v) is 17.4. The van der Waals surface area contributed by atoms with Crippen LogP contribution in [-0.4, -0.2) is 4.57 Å². The van der Waals surface area contributed by atoms with Gasteiger partial charge in [-0.15, -0.1) is 0 Å². The number of hydrogen-bond donors (Lipinski definition) is 0. The van der Waals surface area contributed by atoms with Gasteiger partial charge in [0, 0.05) is 38.0 Å². The van der Waals surface area contributed by atoms with Crippen molar-refractivity contribution in [3.05, 3.63) is 243 Å². The van der Waals surface area contributed by atoms with Crippen LogP contribution in [0.4, 0.5) is 22.7 Å². The lowest BCUT2D eigenvalue weighted by molar-refractivity contribution is 0.582. The van der Waals surface area contributed by atoms with Crippen LogP contribution in [0, 0.1) is 0 Å². The van der Waals surface area contributed by atoms with E-state index >= 15 is 4.57 Å². The van der Waals surface area contributed by atoms with Gasteiger partial charge in [0.05, 0.1) is 39.1 Å². The summed E-state index contributed by atoms with van der Waals surface area (Å²) in [4.78, 5) is 0. The minimum absolute atomic E-state index is 0.713. The molecule has 0 fully saturated rings. The molecule has 1 aliphatic heterocycles. The van der Waals surface area contributed by atoms with E-state index in [1.54, 1.807) is 0 Å². The van der Waals surface area contributed by atoms with E-state index in [1.807, 2.05) is 91.0 Å². The Morgan fingerprint density at radius 1 is 0.324 bits per heavy atom. The number of benzene rings is 11. The number of hydrogen-bond acceptors (Lipinski definition) is 3. The highest BCUT2D eigenvalue weighted by Crippen LogP contribution is 2.70. The molecule has 1 aliphatic rings. The predicted molar refractivity (Wildman–Crippen MR) is 295 cm³/mol. The molecule has 71 heavy (non-hydrogen) atoms. The summed E-state index contributed by atoms with van der Waals surface area (Å²) in [5, 5.41) is 9.42. The average Bonchev–Trinajstić information content (AvgIpc) is 4.17. The van der Waals surface area contributed by atoms with Gasteiger partial charge in [-0.1, -0.05) is 140 Å². The second-order valence-corrected chi connectivity index (χ2v) is 20.8. The summed E-state index contributed by atoms with van der Waals surface area (Å²) in [5.74, 6) is 0. The predicted octanol–water partition coefficient (Wildman–Crippen LogP) is 17.9. The molecule has 0 amide bonds. The van der Waals surface area contributed by atoms with Crippen molar-refractivity contribution in [2.75, 3.05) is 9.34 Å². The Morgan fingerprint density at radius 2 is 0.831 bits per heavy atom. The maximum atomic E-state index is 17.1. The van der Waals surface area contributed by atoms with Crippen molar-refractivity contribution < 1.29 is 13.4 Å². The first-order valence-corrected chi connectivity index (χ1v) is 25.5. The Labute approximate surface area is 407 Å². The largest absolute Gasteiger partial charge is 0.456 e. The van der Waals surface area contributed by atoms with Gasteiger partial charge in [0.2, 0.25) is 0 Å². The number of nitrogens with zero attached hydrogens (tertiary/aromatic N) is 3. The molecule has 4 heterocycles. The van der Waals surface area contributed by atoms with Crippen molar-refractivity contribution in [3.8, 4) is 27.9 Å². The molecule has 0 spiro atoms. The summed E-state index contributed by atoms with van der Waals surface area (Å²) < 4.78 is 36.4. The molecule has 1 atom stereocenters. The second kappa shape index (κ2) is 15.2. The van der Waals surface area contributed by atoms with Crippen LogP contribution in [0.1, 0.15) is 0 Å². The molecule has 6 nitrogen and oxygen atoms in total. The smallest absolute Gasteiger partial charge is 0.301 e. The molecule has 14 aromatic rings. The molecule has 1 unspecified atom stereocenters. The SMILES string of the molecule is O=P1(c2ccccc2)N(c2ccc3oc4ccccc4c3c2)c2ccc(-c3ccc4c(c3)c3c5ccccc5ccc3n4-c3ccc(-c4ccccc4)cc3)cc2N1c1ccc2oc3ccccc3c2c1. The Balaban J connectivity index is 0.962. The Bertz CT molecular complexity index is 4520. The van der Waals surface area contributed by atoms with Gasteiger partial charge in [0.25, 0.3) is 0 Å². The molecule has 0 N–H and O–H groups in total. The average molecular weight is 930 g/mol. The summed E-state index contributed by atoms with van der Waals surface area (Å²) in [6, 6.07) is 84.5. The second-order valence-electron chi connectivity index (χ2n) is 18.4. The van der Waals surface area contributed by atoms with Crippen LogP contribution in [0.15, 0.2) is 251 Å². The lowest BCUT2D eigenvalue weighted by Crippen LogP contribution is -2.26. The van der Waals surface area contributed by atoms with Gasteiger partial charge in [-0.3, -0.25) is 13.9 Å². The normalized spacial score (nSPS) is 14.8. The van der Waals surface area contributed by atoms with Gasteiger partial charge in [-0.2, -0.15) is 0 Å². The number of fused-ring (bicyclic) bond motifs is 12. The fourth-order valence-corrected chi connectivity index (χ4v) is 14.2. The minimum Gasteiger partial charge on any atom is -0.456 e. The van der Waals surface area contributed by atoms with E-state index in [0.29, 0.717) is 5.30 Å². The van der Waals surface area contributed by atoms with Gasteiger partial charge >= 0.3 is 7.44 Å². The monoisotopic (exact) mass is 929 g/mol. The summed E-state index contributed by atoms with van der Waals surface area (Å²) >= 11 is 0. The van der Waals surface area contributed by atoms with E-state index in [0.717, 1.165) is 99.9 Å². The van der Waals surface area contributed by atoms with Crippen LogP contribution in [0.3, 0.4) is 0 Å². The molecule has 3 aromatic heterocycles. The van der Waals surface area contributed by atoms with Crippen molar-refractivity contribution in [2.24, 2.45) is 0 Å². The zero-order valence-corrected chi connectivity index (χ0v) is 39.0. The lowest BCUT2D eigenvalue weighted by atomic mass is 9.99. The summed E-state index contributed by atoms with van der Waals surface area (Å²) in [6.45, 7) is 0. The van der Waals surface area contributed by atoms with Gasteiger partial charge in [-0.05, 0) is 136 Å². The number of furan rings is 2. The maximum absolute atomic E-state index is 17.1. The zero-order chi connectivity index (χ0) is 46.8. The van der Waals surface area contributed by atoms with E-state index in [4.69, 9.17) is 8.83 Å². The summed E-state index contributed by atoms with van der Waals surface area (Å²) in [6.07, 6.45) is 0. The Kier molecular flexibility index (Phi) is 8.54.